The van der Waals surface area contributed by atoms with Gasteiger partial charge in [-0.2, -0.15) is 13.2 Å². The Hall–Kier alpha value is -1.23. The molecule has 0 radical (unpaired) electrons. The number of hydrogen-bond acceptors (Lipinski definition) is 2. The maximum atomic E-state index is 11.9. The number of alkyl halides is 3. The Morgan fingerprint density at radius 3 is 2.65 bits per heavy atom. The number of ether oxygens (including phenoxy) is 1. The highest BCUT2D eigenvalue weighted by molar-refractivity contribution is 5.28. The summed E-state index contributed by atoms with van der Waals surface area (Å²) < 4.78 is 40.9. The minimum atomic E-state index is -4.37. The first-order valence-corrected chi connectivity index (χ1v) is 5.37. The van der Waals surface area contributed by atoms with Gasteiger partial charge in [0, 0.05) is 0 Å². The van der Waals surface area contributed by atoms with Crippen molar-refractivity contribution in [3.05, 3.63) is 29.8 Å². The summed E-state index contributed by atoms with van der Waals surface area (Å²) in [5, 5.41) is 9.13. The molecular weight excluding hydrogens is 233 g/mol. The van der Waals surface area contributed by atoms with Gasteiger partial charge in [-0.25, -0.2) is 0 Å². The van der Waals surface area contributed by atoms with Gasteiger partial charge in [-0.15, -0.1) is 0 Å². The van der Waals surface area contributed by atoms with Crippen molar-refractivity contribution in [1.82, 2.24) is 0 Å². The van der Waals surface area contributed by atoms with Gasteiger partial charge in [0.2, 0.25) is 0 Å². The van der Waals surface area contributed by atoms with E-state index in [4.69, 9.17) is 9.84 Å². The van der Waals surface area contributed by atoms with Crippen LogP contribution in [0.1, 0.15) is 18.9 Å². The van der Waals surface area contributed by atoms with E-state index in [1.807, 2.05) is 13.0 Å². The zero-order valence-corrected chi connectivity index (χ0v) is 9.50. The number of halogens is 3. The monoisotopic (exact) mass is 248 g/mol. The molecule has 96 valence electrons. The van der Waals surface area contributed by atoms with Gasteiger partial charge in [0.05, 0.1) is 12.5 Å². The average molecular weight is 248 g/mol. The zero-order valence-electron chi connectivity index (χ0n) is 9.50. The fourth-order valence-corrected chi connectivity index (χ4v) is 1.37. The largest absolute Gasteiger partial charge is 0.491 e. The summed E-state index contributed by atoms with van der Waals surface area (Å²) in [6.07, 6.45) is -6.32. The molecule has 0 fully saturated rings. The lowest BCUT2D eigenvalue weighted by Gasteiger charge is -2.14. The fraction of sp³-hybridized carbons (Fsp3) is 0.500. The van der Waals surface area contributed by atoms with Crippen molar-refractivity contribution in [2.45, 2.75) is 32.0 Å². The first-order chi connectivity index (χ1) is 7.90. The summed E-state index contributed by atoms with van der Waals surface area (Å²) in [5.41, 5.74) is 1.04. The molecule has 1 atom stereocenters. The highest BCUT2D eigenvalue weighted by Gasteiger charge is 2.31. The van der Waals surface area contributed by atoms with Crippen molar-refractivity contribution >= 4 is 0 Å². The van der Waals surface area contributed by atoms with E-state index in [-0.39, 0.29) is 6.61 Å². The summed E-state index contributed by atoms with van der Waals surface area (Å²) >= 11 is 0. The average Bonchev–Trinajstić information content (AvgIpc) is 2.24. The second kappa shape index (κ2) is 5.91. The van der Waals surface area contributed by atoms with E-state index in [0.29, 0.717) is 5.75 Å². The van der Waals surface area contributed by atoms with Gasteiger partial charge in [0.25, 0.3) is 0 Å². The second-order valence-corrected chi connectivity index (χ2v) is 3.79. The number of aliphatic hydroxyl groups is 1. The molecule has 5 heteroatoms. The summed E-state index contributed by atoms with van der Waals surface area (Å²) in [6.45, 7) is 1.62. The molecule has 1 N–H and O–H groups in total. The molecule has 0 aromatic heterocycles. The lowest BCUT2D eigenvalue weighted by Crippen LogP contribution is -2.25. The highest BCUT2D eigenvalue weighted by atomic mass is 19.4. The summed E-state index contributed by atoms with van der Waals surface area (Å²) in [7, 11) is 0. The molecule has 0 aliphatic carbocycles. The maximum absolute atomic E-state index is 11.9. The Balaban J connectivity index is 2.44. The van der Waals surface area contributed by atoms with E-state index in [1.54, 1.807) is 18.2 Å². The molecule has 0 spiro atoms. The zero-order chi connectivity index (χ0) is 12.9. The molecule has 2 nitrogen and oxygen atoms in total. The van der Waals surface area contributed by atoms with Gasteiger partial charge in [-0.3, -0.25) is 0 Å². The van der Waals surface area contributed by atoms with E-state index in [1.165, 1.54) is 0 Å². The quantitative estimate of drug-likeness (QED) is 0.868. The molecule has 1 rings (SSSR count). The van der Waals surface area contributed by atoms with Gasteiger partial charge < -0.3 is 9.84 Å². The molecule has 0 aliphatic heterocycles. The van der Waals surface area contributed by atoms with Gasteiger partial charge in [-0.05, 0) is 24.1 Å². The van der Waals surface area contributed by atoms with Crippen LogP contribution in [0.3, 0.4) is 0 Å². The molecular formula is C12H15F3O2. The van der Waals surface area contributed by atoms with E-state index in [2.05, 4.69) is 0 Å². The molecule has 1 unspecified atom stereocenters. The molecule has 0 amide bonds. The van der Waals surface area contributed by atoms with Crippen molar-refractivity contribution in [2.75, 3.05) is 6.61 Å². The lowest BCUT2D eigenvalue weighted by molar-refractivity contribution is -0.156. The van der Waals surface area contributed by atoms with Crippen LogP contribution >= 0.6 is 0 Å². The smallest absolute Gasteiger partial charge is 0.391 e. The van der Waals surface area contributed by atoms with Crippen LogP contribution in [-0.4, -0.2) is 24.0 Å². The Bertz CT molecular complexity index is 350. The molecule has 0 saturated heterocycles. The Morgan fingerprint density at radius 2 is 2.06 bits per heavy atom. The first-order valence-electron chi connectivity index (χ1n) is 5.37. The van der Waals surface area contributed by atoms with Gasteiger partial charge in [0.1, 0.15) is 12.4 Å². The van der Waals surface area contributed by atoms with E-state index >= 15 is 0 Å². The van der Waals surface area contributed by atoms with Crippen LogP contribution in [0.4, 0.5) is 13.2 Å². The topological polar surface area (TPSA) is 29.5 Å². The number of aliphatic hydroxyl groups excluding tert-OH is 1. The third-order valence-electron chi connectivity index (χ3n) is 2.22. The van der Waals surface area contributed by atoms with Crippen LogP contribution in [0.2, 0.25) is 0 Å². The van der Waals surface area contributed by atoms with Crippen molar-refractivity contribution in [3.8, 4) is 5.75 Å². The Labute approximate surface area is 98.0 Å². The van der Waals surface area contributed by atoms with Crippen LogP contribution in [-0.2, 0) is 6.42 Å². The highest BCUT2D eigenvalue weighted by Crippen LogP contribution is 2.22. The molecule has 0 heterocycles. The minimum Gasteiger partial charge on any atom is -0.491 e. The number of benzene rings is 1. The van der Waals surface area contributed by atoms with Crippen molar-refractivity contribution in [1.29, 1.82) is 0 Å². The predicted molar refractivity (Wildman–Crippen MR) is 58.0 cm³/mol. The van der Waals surface area contributed by atoms with E-state index in [9.17, 15) is 13.2 Å². The van der Waals surface area contributed by atoms with Crippen LogP contribution in [0.15, 0.2) is 24.3 Å². The van der Waals surface area contributed by atoms with Crippen LogP contribution in [0.25, 0.3) is 0 Å². The summed E-state index contributed by atoms with van der Waals surface area (Å²) in [4.78, 5) is 0. The maximum Gasteiger partial charge on any atom is 0.391 e. The van der Waals surface area contributed by atoms with E-state index < -0.39 is 18.7 Å². The number of rotatable bonds is 5. The standard InChI is InChI=1S/C12H15F3O2/c1-2-9-4-3-5-11(6-9)17-8-10(16)7-12(13,14)15/h3-6,10,16H,2,7-8H2,1H3. The number of hydrogen-bond donors (Lipinski definition) is 1. The van der Waals surface area contributed by atoms with Crippen LogP contribution in [0, 0.1) is 0 Å². The summed E-state index contributed by atoms with van der Waals surface area (Å²) in [6, 6.07) is 7.07. The van der Waals surface area contributed by atoms with Crippen molar-refractivity contribution in [2.24, 2.45) is 0 Å². The molecule has 0 bridgehead atoms. The van der Waals surface area contributed by atoms with Gasteiger partial charge in [-0.1, -0.05) is 19.1 Å². The Morgan fingerprint density at radius 1 is 1.35 bits per heavy atom. The Kier molecular flexibility index (Phi) is 4.81. The molecule has 0 aliphatic rings. The van der Waals surface area contributed by atoms with E-state index in [0.717, 1.165) is 12.0 Å². The lowest BCUT2D eigenvalue weighted by atomic mass is 10.2. The van der Waals surface area contributed by atoms with Crippen molar-refractivity contribution in [3.63, 3.8) is 0 Å². The second-order valence-electron chi connectivity index (χ2n) is 3.79. The third kappa shape index (κ3) is 5.58. The molecule has 0 saturated carbocycles. The van der Waals surface area contributed by atoms with Crippen LogP contribution in [0.5, 0.6) is 5.75 Å². The SMILES string of the molecule is CCc1cccc(OCC(O)CC(F)(F)F)c1. The molecule has 1 aromatic carbocycles. The minimum absolute atomic E-state index is 0.354. The summed E-state index contributed by atoms with van der Waals surface area (Å²) in [5.74, 6) is 0.477. The van der Waals surface area contributed by atoms with Gasteiger partial charge >= 0.3 is 6.18 Å². The van der Waals surface area contributed by atoms with Crippen molar-refractivity contribution < 1.29 is 23.0 Å². The first kappa shape index (κ1) is 13.8. The van der Waals surface area contributed by atoms with Gasteiger partial charge in [0.15, 0.2) is 0 Å². The normalized spacial score (nSPS) is 13.5. The third-order valence-corrected chi connectivity index (χ3v) is 2.22. The predicted octanol–water partition coefficient (Wildman–Crippen LogP) is 2.94. The fourth-order valence-electron chi connectivity index (χ4n) is 1.37. The molecule has 1 aromatic rings. The number of aryl methyl sites for hydroxylation is 1. The van der Waals surface area contributed by atoms with Crippen LogP contribution < -0.4 is 4.74 Å². The molecule has 17 heavy (non-hydrogen) atoms.